The molecule has 0 saturated carbocycles. The lowest BCUT2D eigenvalue weighted by molar-refractivity contribution is 0.767. The zero-order chi connectivity index (χ0) is 49.8. The van der Waals surface area contributed by atoms with Crippen molar-refractivity contribution in [3.05, 3.63) is 354 Å². The Labute approximate surface area is 440 Å². The van der Waals surface area contributed by atoms with Crippen LogP contribution in [-0.2, 0) is 10.8 Å². The predicted octanol–water partition coefficient (Wildman–Crippen LogP) is 18.9. The first-order valence-electron chi connectivity index (χ1n) is 26.1. The molecule has 1 heteroatoms. The summed E-state index contributed by atoms with van der Waals surface area (Å²) in [5, 5.41) is 0. The molecular weight excluding hydrogens is 903 g/mol. The van der Waals surface area contributed by atoms with Gasteiger partial charge < -0.3 is 4.90 Å². The Kier molecular flexibility index (Phi) is 10.7. The fourth-order valence-corrected chi connectivity index (χ4v) is 12.9. The standard InChI is InChI=1S/C74H51N/c1-7-24-52(25-8-1)53-42-44-54(45-43-53)62-38-23-41-71(72(62)55-26-9-2-10-27-55)75(60-46-48-65-63-36-19-21-39-67(63)73(69(65)50-60,56-28-11-3-12-29-56)57-30-13-4-14-31-57)61-47-49-66-64-37-20-22-40-68(64)74(70(66)51-61,58-32-15-5-16-33-58)59-34-17-6-18-35-59/h1-51H. The van der Waals surface area contributed by atoms with Crippen molar-refractivity contribution in [2.75, 3.05) is 4.90 Å². The van der Waals surface area contributed by atoms with E-state index in [0.29, 0.717) is 0 Å². The average molecular weight is 954 g/mol. The van der Waals surface area contributed by atoms with Crippen molar-refractivity contribution in [3.63, 3.8) is 0 Å². The molecule has 2 aliphatic rings. The minimum atomic E-state index is -0.587. The molecule has 0 aliphatic heterocycles. The van der Waals surface area contributed by atoms with Gasteiger partial charge in [-0.3, -0.25) is 0 Å². The van der Waals surface area contributed by atoms with Gasteiger partial charge in [0.2, 0.25) is 0 Å². The fraction of sp³-hybridized carbons (Fsp3) is 0.0270. The molecule has 0 spiro atoms. The van der Waals surface area contributed by atoms with Crippen LogP contribution in [0, 0.1) is 0 Å². The van der Waals surface area contributed by atoms with E-state index in [0.717, 1.165) is 39.3 Å². The van der Waals surface area contributed by atoms with Gasteiger partial charge in [0.1, 0.15) is 0 Å². The second-order valence-electron chi connectivity index (χ2n) is 19.9. The zero-order valence-electron chi connectivity index (χ0n) is 41.4. The minimum absolute atomic E-state index is 0.587. The van der Waals surface area contributed by atoms with Gasteiger partial charge in [0.05, 0.1) is 16.5 Å². The lowest BCUT2D eigenvalue weighted by Gasteiger charge is -2.36. The molecule has 1 nitrogen and oxygen atoms in total. The number of rotatable bonds is 10. The zero-order valence-corrected chi connectivity index (χ0v) is 41.4. The van der Waals surface area contributed by atoms with Gasteiger partial charge in [-0.25, -0.2) is 0 Å². The highest BCUT2D eigenvalue weighted by Gasteiger charge is 2.48. The molecule has 0 fully saturated rings. The number of fused-ring (bicyclic) bond motifs is 6. The molecular formula is C74H51N. The van der Waals surface area contributed by atoms with Gasteiger partial charge >= 0.3 is 0 Å². The maximum Gasteiger partial charge on any atom is 0.0714 e. The third-order valence-corrected chi connectivity index (χ3v) is 16.0. The molecule has 14 rings (SSSR count). The number of hydrogen-bond acceptors (Lipinski definition) is 1. The summed E-state index contributed by atoms with van der Waals surface area (Å²) in [7, 11) is 0. The van der Waals surface area contributed by atoms with Crippen LogP contribution in [-0.4, -0.2) is 0 Å². The summed E-state index contributed by atoms with van der Waals surface area (Å²) < 4.78 is 0. The average Bonchev–Trinajstić information content (AvgIpc) is 4.05. The monoisotopic (exact) mass is 953 g/mol. The topological polar surface area (TPSA) is 3.24 Å². The van der Waals surface area contributed by atoms with Crippen LogP contribution < -0.4 is 4.90 Å². The summed E-state index contributed by atoms with van der Waals surface area (Å²) in [4.78, 5) is 2.55. The van der Waals surface area contributed by atoms with Gasteiger partial charge in [-0.1, -0.05) is 279 Å². The summed E-state index contributed by atoms with van der Waals surface area (Å²) >= 11 is 0. The smallest absolute Gasteiger partial charge is 0.0714 e. The Morgan fingerprint density at radius 3 is 0.987 bits per heavy atom. The Bertz CT molecular complexity index is 3760. The van der Waals surface area contributed by atoms with Crippen molar-refractivity contribution in [1.29, 1.82) is 0 Å². The van der Waals surface area contributed by atoms with Crippen LogP contribution in [0.15, 0.2) is 309 Å². The fourth-order valence-electron chi connectivity index (χ4n) is 12.9. The van der Waals surface area contributed by atoms with E-state index in [-0.39, 0.29) is 0 Å². The highest BCUT2D eigenvalue weighted by atomic mass is 15.1. The second kappa shape index (κ2) is 18.2. The lowest BCUT2D eigenvalue weighted by Crippen LogP contribution is -2.29. The van der Waals surface area contributed by atoms with Gasteiger partial charge in [-0.15, -0.1) is 0 Å². The maximum absolute atomic E-state index is 2.55. The SMILES string of the molecule is c1ccc(-c2ccc(-c3cccc(N(c4ccc5c(c4)C(c4ccccc4)(c4ccccc4)c4ccccc4-5)c4ccc5c(c4)C(c4ccccc4)(c4ccccc4)c4ccccc4-5)c3-c3ccccc3)cc2)cc1. The molecule has 0 heterocycles. The number of hydrogen-bond donors (Lipinski definition) is 0. The van der Waals surface area contributed by atoms with Gasteiger partial charge in [0.15, 0.2) is 0 Å². The highest BCUT2D eigenvalue weighted by molar-refractivity contribution is 5.99. The summed E-state index contributed by atoms with van der Waals surface area (Å²) in [6, 6.07) is 115. The highest BCUT2D eigenvalue weighted by Crippen LogP contribution is 2.60. The normalized spacial score (nSPS) is 13.3. The molecule has 2 aliphatic carbocycles. The van der Waals surface area contributed by atoms with E-state index in [1.165, 1.54) is 77.9 Å². The first-order valence-corrected chi connectivity index (χ1v) is 26.1. The van der Waals surface area contributed by atoms with E-state index >= 15 is 0 Å². The quantitative estimate of drug-likeness (QED) is 0.132. The molecule has 0 aromatic heterocycles. The summed E-state index contributed by atoms with van der Waals surface area (Å²) in [5.41, 5.74) is 24.1. The minimum Gasteiger partial charge on any atom is -0.310 e. The molecule has 0 unspecified atom stereocenters. The van der Waals surface area contributed by atoms with Crippen molar-refractivity contribution >= 4 is 17.1 Å². The Morgan fingerprint density at radius 2 is 0.547 bits per heavy atom. The molecule has 0 atom stereocenters. The maximum atomic E-state index is 2.55. The molecule has 0 saturated heterocycles. The first kappa shape index (κ1) is 44.2. The summed E-state index contributed by atoms with van der Waals surface area (Å²) in [6.45, 7) is 0. The Hall–Kier alpha value is -9.56. The van der Waals surface area contributed by atoms with Gasteiger partial charge in [0.25, 0.3) is 0 Å². The largest absolute Gasteiger partial charge is 0.310 e. The van der Waals surface area contributed by atoms with Crippen LogP contribution >= 0.6 is 0 Å². The number of anilines is 3. The van der Waals surface area contributed by atoms with E-state index in [2.05, 4.69) is 314 Å². The summed E-state index contributed by atoms with van der Waals surface area (Å²) in [6.07, 6.45) is 0. The van der Waals surface area contributed by atoms with Crippen molar-refractivity contribution < 1.29 is 0 Å². The first-order chi connectivity index (χ1) is 37.2. The number of benzene rings is 12. The van der Waals surface area contributed by atoms with Crippen LogP contribution in [0.4, 0.5) is 17.1 Å². The van der Waals surface area contributed by atoms with Crippen LogP contribution in [0.3, 0.4) is 0 Å². The summed E-state index contributed by atoms with van der Waals surface area (Å²) in [5.74, 6) is 0. The van der Waals surface area contributed by atoms with E-state index < -0.39 is 10.8 Å². The van der Waals surface area contributed by atoms with Crippen molar-refractivity contribution in [1.82, 2.24) is 0 Å². The van der Waals surface area contributed by atoms with E-state index in [9.17, 15) is 0 Å². The van der Waals surface area contributed by atoms with E-state index in [1.54, 1.807) is 0 Å². The van der Waals surface area contributed by atoms with Crippen LogP contribution in [0.2, 0.25) is 0 Å². The van der Waals surface area contributed by atoms with E-state index in [1.807, 2.05) is 0 Å². The lowest BCUT2D eigenvalue weighted by atomic mass is 9.67. The molecule has 352 valence electrons. The molecule has 0 bridgehead atoms. The third kappa shape index (κ3) is 6.93. The van der Waals surface area contributed by atoms with Crippen molar-refractivity contribution in [2.45, 2.75) is 10.8 Å². The molecule has 12 aromatic rings. The van der Waals surface area contributed by atoms with Crippen LogP contribution in [0.25, 0.3) is 55.6 Å². The molecule has 0 radical (unpaired) electrons. The molecule has 0 amide bonds. The van der Waals surface area contributed by atoms with Gasteiger partial charge in [0, 0.05) is 16.9 Å². The van der Waals surface area contributed by atoms with Crippen LogP contribution in [0.5, 0.6) is 0 Å². The van der Waals surface area contributed by atoms with Gasteiger partial charge in [-0.2, -0.15) is 0 Å². The Balaban J connectivity index is 1.07. The van der Waals surface area contributed by atoms with Gasteiger partial charge in [-0.05, 0) is 125 Å². The van der Waals surface area contributed by atoms with Crippen LogP contribution in [0.1, 0.15) is 44.5 Å². The van der Waals surface area contributed by atoms with E-state index in [4.69, 9.17) is 0 Å². The second-order valence-corrected chi connectivity index (χ2v) is 19.9. The number of nitrogens with zero attached hydrogens (tertiary/aromatic N) is 1. The third-order valence-electron chi connectivity index (χ3n) is 16.0. The van der Waals surface area contributed by atoms with Crippen molar-refractivity contribution in [3.8, 4) is 55.6 Å². The predicted molar refractivity (Wildman–Crippen MR) is 312 cm³/mol. The van der Waals surface area contributed by atoms with Crippen molar-refractivity contribution in [2.24, 2.45) is 0 Å². The molecule has 0 N–H and O–H groups in total. The molecule has 12 aromatic carbocycles. The molecule has 75 heavy (non-hydrogen) atoms. The Morgan fingerprint density at radius 1 is 0.213 bits per heavy atom.